The van der Waals surface area contributed by atoms with Crippen LogP contribution in [0.4, 0.5) is 4.79 Å². The predicted octanol–water partition coefficient (Wildman–Crippen LogP) is 3.68. The predicted molar refractivity (Wildman–Crippen MR) is 93.0 cm³/mol. The first-order valence-electron chi connectivity index (χ1n) is 7.54. The molecule has 1 atom stereocenters. The molecule has 0 saturated carbocycles. The summed E-state index contributed by atoms with van der Waals surface area (Å²) in [6.07, 6.45) is 0.754. The third kappa shape index (κ3) is 3.08. The number of amides is 2. The van der Waals surface area contributed by atoms with Gasteiger partial charge in [-0.15, -0.1) is 0 Å². The minimum Gasteiger partial charge on any atom is -0.340 e. The molecular weight excluding hydrogens is 310 g/mol. The first-order chi connectivity index (χ1) is 11.1. The molecule has 0 bridgehead atoms. The number of carbonyl (C=O) groups excluding carboxylic acids is 1. The molecule has 3 rings (SSSR count). The maximum absolute atomic E-state index is 12.2. The monoisotopic (exact) mass is 327 g/mol. The molecule has 1 N–H and O–H groups in total. The highest BCUT2D eigenvalue weighted by Gasteiger charge is 2.26. The summed E-state index contributed by atoms with van der Waals surface area (Å²) in [4.78, 5) is 12.2. The van der Waals surface area contributed by atoms with Crippen molar-refractivity contribution >= 4 is 23.3 Å². The van der Waals surface area contributed by atoms with Gasteiger partial charge in [-0.05, 0) is 31.0 Å². The smallest absolute Gasteiger partial charge is 0.337 e. The van der Waals surface area contributed by atoms with E-state index in [9.17, 15) is 4.79 Å². The average Bonchev–Trinajstić information content (AvgIpc) is 2.71. The number of urea groups is 1. The Hall–Kier alpha value is -2.33. The van der Waals surface area contributed by atoms with Crippen molar-refractivity contribution in [1.82, 2.24) is 10.3 Å². The number of nitrogens with zero attached hydrogens (tertiary/aromatic N) is 2. The summed E-state index contributed by atoms with van der Waals surface area (Å²) >= 11 is 5.99. The van der Waals surface area contributed by atoms with Crippen LogP contribution >= 0.6 is 11.6 Å². The normalized spacial score (nSPS) is 17.1. The average molecular weight is 328 g/mol. The third-order valence-electron chi connectivity index (χ3n) is 3.95. The molecule has 2 amide bonds. The lowest BCUT2D eigenvalue weighted by Gasteiger charge is -2.22. The molecule has 2 aromatic rings. The van der Waals surface area contributed by atoms with Crippen LogP contribution in [0.15, 0.2) is 53.6 Å². The Morgan fingerprint density at radius 1 is 1.22 bits per heavy atom. The van der Waals surface area contributed by atoms with Crippen molar-refractivity contribution in [1.29, 1.82) is 0 Å². The molecule has 2 aromatic carbocycles. The third-order valence-corrected chi connectivity index (χ3v) is 4.20. The summed E-state index contributed by atoms with van der Waals surface area (Å²) in [6, 6.07) is 15.4. The van der Waals surface area contributed by atoms with Gasteiger partial charge < -0.3 is 5.32 Å². The summed E-state index contributed by atoms with van der Waals surface area (Å²) in [5.41, 5.74) is 3.95. The fourth-order valence-electron chi connectivity index (χ4n) is 2.78. The zero-order valence-corrected chi connectivity index (χ0v) is 13.8. The number of fused-ring (bicyclic) bond motifs is 1. The van der Waals surface area contributed by atoms with Gasteiger partial charge in [-0.1, -0.05) is 48.0 Å². The van der Waals surface area contributed by atoms with Crippen LogP contribution in [0.5, 0.6) is 0 Å². The van der Waals surface area contributed by atoms with E-state index in [0.717, 1.165) is 23.3 Å². The second kappa shape index (κ2) is 6.42. The number of benzene rings is 2. The van der Waals surface area contributed by atoms with E-state index in [1.54, 1.807) is 7.05 Å². The molecule has 0 aromatic heterocycles. The van der Waals surface area contributed by atoms with Gasteiger partial charge in [0, 0.05) is 23.2 Å². The Morgan fingerprint density at radius 2 is 1.91 bits per heavy atom. The number of hydrogen-bond donors (Lipinski definition) is 1. The molecule has 5 heteroatoms. The molecule has 0 saturated heterocycles. The molecule has 1 unspecified atom stereocenters. The zero-order chi connectivity index (χ0) is 16.4. The highest BCUT2D eigenvalue weighted by atomic mass is 35.5. The van der Waals surface area contributed by atoms with E-state index < -0.39 is 0 Å². The second-order valence-corrected chi connectivity index (χ2v) is 6.00. The van der Waals surface area contributed by atoms with Crippen molar-refractivity contribution in [2.24, 2.45) is 5.10 Å². The van der Waals surface area contributed by atoms with Crippen molar-refractivity contribution < 1.29 is 4.79 Å². The van der Waals surface area contributed by atoms with E-state index in [1.165, 1.54) is 10.6 Å². The zero-order valence-electron chi connectivity index (χ0n) is 13.1. The van der Waals surface area contributed by atoms with Gasteiger partial charge in [0.2, 0.25) is 0 Å². The van der Waals surface area contributed by atoms with Gasteiger partial charge in [-0.3, -0.25) is 0 Å². The van der Waals surface area contributed by atoms with Gasteiger partial charge in [-0.25, -0.2) is 9.80 Å². The first kappa shape index (κ1) is 15.6. The minimum atomic E-state index is -0.211. The summed E-state index contributed by atoms with van der Waals surface area (Å²) in [7, 11) is 1.62. The largest absolute Gasteiger partial charge is 0.340 e. The van der Waals surface area contributed by atoms with Crippen LogP contribution in [0.25, 0.3) is 0 Å². The molecule has 0 spiro atoms. The lowest BCUT2D eigenvalue weighted by Crippen LogP contribution is -2.41. The van der Waals surface area contributed by atoms with E-state index in [4.69, 9.17) is 11.6 Å². The number of nitrogens with one attached hydrogen (secondary N) is 1. The summed E-state index contributed by atoms with van der Waals surface area (Å²) in [5, 5.41) is 9.51. The lowest BCUT2D eigenvalue weighted by atomic mass is 9.95. The maximum atomic E-state index is 12.2. The standard InChI is InChI=1S/C18H18ClN3O/c1-12-11-14-5-3-4-6-16(14)17(21-22(12)18(23)20-2)13-7-9-15(19)10-8-13/h3-10,12H,11H2,1-2H3,(H,20,23). The van der Waals surface area contributed by atoms with Crippen molar-refractivity contribution in [3.63, 3.8) is 0 Å². The van der Waals surface area contributed by atoms with Crippen LogP contribution in [-0.4, -0.2) is 29.8 Å². The SMILES string of the molecule is CNC(=O)N1N=C(c2ccc(Cl)cc2)c2ccccc2CC1C. The molecule has 1 heterocycles. The lowest BCUT2D eigenvalue weighted by molar-refractivity contribution is 0.184. The van der Waals surface area contributed by atoms with Crippen LogP contribution < -0.4 is 5.32 Å². The van der Waals surface area contributed by atoms with Crippen molar-refractivity contribution in [3.8, 4) is 0 Å². The number of hydrazone groups is 1. The quantitative estimate of drug-likeness (QED) is 0.853. The molecule has 1 aliphatic rings. The van der Waals surface area contributed by atoms with E-state index in [-0.39, 0.29) is 12.1 Å². The fraction of sp³-hybridized carbons (Fsp3) is 0.222. The van der Waals surface area contributed by atoms with E-state index >= 15 is 0 Å². The molecule has 118 valence electrons. The number of halogens is 1. The Bertz CT molecular complexity index is 755. The van der Waals surface area contributed by atoms with E-state index in [2.05, 4.69) is 16.5 Å². The van der Waals surface area contributed by atoms with Crippen LogP contribution in [-0.2, 0) is 6.42 Å². The molecule has 0 aliphatic carbocycles. The summed E-state index contributed by atoms with van der Waals surface area (Å²) in [6.45, 7) is 2.00. The topological polar surface area (TPSA) is 44.7 Å². The van der Waals surface area contributed by atoms with Gasteiger partial charge >= 0.3 is 6.03 Å². The van der Waals surface area contributed by atoms with Crippen molar-refractivity contribution in [3.05, 3.63) is 70.2 Å². The fourth-order valence-corrected chi connectivity index (χ4v) is 2.90. The molecule has 0 radical (unpaired) electrons. The van der Waals surface area contributed by atoms with Crippen LogP contribution in [0.1, 0.15) is 23.6 Å². The van der Waals surface area contributed by atoms with Gasteiger partial charge in [0.15, 0.2) is 0 Å². The van der Waals surface area contributed by atoms with Crippen LogP contribution in [0, 0.1) is 0 Å². The number of rotatable bonds is 1. The number of carbonyl (C=O) groups is 1. The molecule has 1 aliphatic heterocycles. The maximum Gasteiger partial charge on any atom is 0.337 e. The number of hydrogen-bond acceptors (Lipinski definition) is 2. The van der Waals surface area contributed by atoms with E-state index in [1.807, 2.05) is 49.4 Å². The van der Waals surface area contributed by atoms with Crippen molar-refractivity contribution in [2.45, 2.75) is 19.4 Å². The summed E-state index contributed by atoms with van der Waals surface area (Å²) in [5.74, 6) is 0. The Kier molecular flexibility index (Phi) is 4.35. The molecule has 0 fully saturated rings. The molecule has 4 nitrogen and oxygen atoms in total. The van der Waals surface area contributed by atoms with E-state index in [0.29, 0.717) is 5.02 Å². The first-order valence-corrected chi connectivity index (χ1v) is 7.91. The molecule has 23 heavy (non-hydrogen) atoms. The van der Waals surface area contributed by atoms with Crippen molar-refractivity contribution in [2.75, 3.05) is 7.05 Å². The minimum absolute atomic E-state index is 0.0269. The Labute approximate surface area is 140 Å². The van der Waals surface area contributed by atoms with Crippen LogP contribution in [0.3, 0.4) is 0 Å². The highest BCUT2D eigenvalue weighted by Crippen LogP contribution is 2.24. The van der Waals surface area contributed by atoms with Gasteiger partial charge in [-0.2, -0.15) is 5.10 Å². The summed E-state index contributed by atoms with van der Waals surface area (Å²) < 4.78 is 0. The Balaban J connectivity index is 2.17. The highest BCUT2D eigenvalue weighted by molar-refractivity contribution is 6.30. The van der Waals surface area contributed by atoms with Gasteiger partial charge in [0.25, 0.3) is 0 Å². The van der Waals surface area contributed by atoms with Crippen LogP contribution in [0.2, 0.25) is 5.02 Å². The Morgan fingerprint density at radius 3 is 2.61 bits per heavy atom. The molecular formula is C18H18ClN3O. The van der Waals surface area contributed by atoms with Gasteiger partial charge in [0.1, 0.15) is 0 Å². The second-order valence-electron chi connectivity index (χ2n) is 5.57. The van der Waals surface area contributed by atoms with Gasteiger partial charge in [0.05, 0.1) is 11.8 Å².